The van der Waals surface area contributed by atoms with Gasteiger partial charge >= 0.3 is 0 Å². The molecule has 2 rings (SSSR count). The summed E-state index contributed by atoms with van der Waals surface area (Å²) in [6, 6.07) is 8.00. The fourth-order valence-corrected chi connectivity index (χ4v) is 2.67. The molecule has 0 spiro atoms. The van der Waals surface area contributed by atoms with Crippen molar-refractivity contribution in [2.24, 2.45) is 0 Å². The molecule has 0 amide bonds. The zero-order valence-electron chi connectivity index (χ0n) is 12.2. The third kappa shape index (κ3) is 3.95. The second-order valence-electron chi connectivity index (χ2n) is 5.86. The second-order valence-corrected chi connectivity index (χ2v) is 6.30. The number of aliphatic hydroxyl groups excluding tert-OH is 1. The van der Waals surface area contributed by atoms with E-state index in [0.29, 0.717) is 13.2 Å². The van der Waals surface area contributed by atoms with E-state index in [1.165, 1.54) is 12.0 Å². The maximum atomic E-state index is 9.96. The number of nitrogens with one attached hydrogen (secondary N) is 1. The van der Waals surface area contributed by atoms with Crippen LogP contribution in [0.15, 0.2) is 24.3 Å². The van der Waals surface area contributed by atoms with Gasteiger partial charge in [-0.05, 0) is 50.8 Å². The molecule has 1 fully saturated rings. The van der Waals surface area contributed by atoms with E-state index >= 15 is 0 Å². The van der Waals surface area contributed by atoms with Crippen molar-refractivity contribution in [1.82, 2.24) is 5.32 Å². The van der Waals surface area contributed by atoms with Crippen molar-refractivity contribution >= 4 is 11.6 Å². The van der Waals surface area contributed by atoms with Crippen LogP contribution in [0.1, 0.15) is 38.7 Å². The fourth-order valence-electron chi connectivity index (χ4n) is 2.54. The molecule has 0 saturated heterocycles. The smallest absolute Gasteiger partial charge is 0.0898 e. The first kappa shape index (κ1) is 15.8. The van der Waals surface area contributed by atoms with E-state index < -0.39 is 6.10 Å². The molecule has 0 aliphatic heterocycles. The molecule has 4 heteroatoms. The fraction of sp³-hybridized carbons (Fsp3) is 0.625. The molecular weight excluding hydrogens is 274 g/mol. The lowest BCUT2D eigenvalue weighted by molar-refractivity contribution is 0.000153. The van der Waals surface area contributed by atoms with E-state index in [0.717, 1.165) is 17.9 Å². The van der Waals surface area contributed by atoms with E-state index in [-0.39, 0.29) is 11.6 Å². The number of benzene rings is 1. The predicted octanol–water partition coefficient (Wildman–Crippen LogP) is 3.09. The summed E-state index contributed by atoms with van der Waals surface area (Å²) in [7, 11) is 0. The van der Waals surface area contributed by atoms with Crippen molar-refractivity contribution in [2.75, 3.05) is 13.2 Å². The summed E-state index contributed by atoms with van der Waals surface area (Å²) in [6.45, 7) is 4.87. The second kappa shape index (κ2) is 6.90. The average molecular weight is 298 g/mol. The van der Waals surface area contributed by atoms with Gasteiger partial charge in [0.05, 0.1) is 18.8 Å². The number of ether oxygens (including phenoxy) is 1. The highest BCUT2D eigenvalue weighted by Crippen LogP contribution is 2.41. The summed E-state index contributed by atoms with van der Waals surface area (Å²) in [6.07, 6.45) is 3.10. The van der Waals surface area contributed by atoms with Gasteiger partial charge in [-0.3, -0.25) is 0 Å². The summed E-state index contributed by atoms with van der Waals surface area (Å²) >= 11 is 5.94. The van der Waals surface area contributed by atoms with Gasteiger partial charge in [0.2, 0.25) is 0 Å². The molecule has 0 heterocycles. The van der Waals surface area contributed by atoms with E-state index in [9.17, 15) is 5.11 Å². The van der Waals surface area contributed by atoms with Crippen LogP contribution in [0.25, 0.3) is 0 Å². The quantitative estimate of drug-likeness (QED) is 0.812. The Morgan fingerprint density at radius 1 is 1.30 bits per heavy atom. The molecule has 1 saturated carbocycles. The first-order valence-electron chi connectivity index (χ1n) is 7.32. The maximum Gasteiger partial charge on any atom is 0.0898 e. The van der Waals surface area contributed by atoms with Gasteiger partial charge in [-0.15, -0.1) is 0 Å². The number of hydrogen-bond donors (Lipinski definition) is 2. The summed E-state index contributed by atoms with van der Waals surface area (Å²) in [4.78, 5) is 0. The zero-order valence-corrected chi connectivity index (χ0v) is 13.0. The Kier molecular flexibility index (Phi) is 5.44. The SMILES string of the molecule is CC(C)OCC(O)CNC1(c2ccc(Cl)cc2)CCC1. The Morgan fingerprint density at radius 2 is 1.95 bits per heavy atom. The number of rotatable bonds is 7. The monoisotopic (exact) mass is 297 g/mol. The van der Waals surface area contributed by atoms with Gasteiger partial charge in [0.1, 0.15) is 0 Å². The normalized spacial score (nSPS) is 18.9. The Labute approximate surface area is 126 Å². The van der Waals surface area contributed by atoms with Crippen molar-refractivity contribution in [3.05, 3.63) is 34.9 Å². The van der Waals surface area contributed by atoms with E-state index in [1.807, 2.05) is 26.0 Å². The van der Waals surface area contributed by atoms with Gasteiger partial charge in [0.25, 0.3) is 0 Å². The molecule has 0 bridgehead atoms. The molecule has 112 valence electrons. The largest absolute Gasteiger partial charge is 0.389 e. The van der Waals surface area contributed by atoms with Gasteiger partial charge in [-0.1, -0.05) is 23.7 Å². The highest BCUT2D eigenvalue weighted by atomic mass is 35.5. The van der Waals surface area contributed by atoms with Gasteiger partial charge in [0, 0.05) is 17.1 Å². The zero-order chi connectivity index (χ0) is 14.6. The highest BCUT2D eigenvalue weighted by Gasteiger charge is 2.38. The van der Waals surface area contributed by atoms with Crippen molar-refractivity contribution in [3.63, 3.8) is 0 Å². The van der Waals surface area contributed by atoms with Crippen LogP contribution in [0.5, 0.6) is 0 Å². The Hall–Kier alpha value is -0.610. The van der Waals surface area contributed by atoms with Crippen LogP contribution >= 0.6 is 11.6 Å². The molecule has 0 radical (unpaired) electrons. The standard InChI is InChI=1S/C16H24ClNO2/c1-12(2)20-11-15(19)10-18-16(8-3-9-16)13-4-6-14(17)7-5-13/h4-7,12,15,18-19H,3,8-11H2,1-2H3. The first-order valence-corrected chi connectivity index (χ1v) is 7.70. The third-order valence-electron chi connectivity index (χ3n) is 3.90. The van der Waals surface area contributed by atoms with Crippen LogP contribution in [0.3, 0.4) is 0 Å². The number of halogens is 1. The molecule has 0 aromatic heterocycles. The van der Waals surface area contributed by atoms with Gasteiger partial charge < -0.3 is 15.2 Å². The minimum absolute atomic E-state index is 0.00337. The molecule has 3 nitrogen and oxygen atoms in total. The van der Waals surface area contributed by atoms with Crippen LogP contribution in [0.4, 0.5) is 0 Å². The van der Waals surface area contributed by atoms with Crippen LogP contribution < -0.4 is 5.32 Å². The lowest BCUT2D eigenvalue weighted by Gasteiger charge is -2.44. The minimum Gasteiger partial charge on any atom is -0.389 e. The lowest BCUT2D eigenvalue weighted by atomic mass is 9.72. The summed E-state index contributed by atoms with van der Waals surface area (Å²) in [5, 5.41) is 14.2. The van der Waals surface area contributed by atoms with Gasteiger partial charge in [-0.25, -0.2) is 0 Å². The molecule has 2 N–H and O–H groups in total. The Morgan fingerprint density at radius 3 is 2.45 bits per heavy atom. The van der Waals surface area contributed by atoms with Crippen molar-refractivity contribution < 1.29 is 9.84 Å². The maximum absolute atomic E-state index is 9.96. The van der Waals surface area contributed by atoms with Crippen LogP contribution in [-0.4, -0.2) is 30.5 Å². The summed E-state index contributed by atoms with van der Waals surface area (Å²) in [5.74, 6) is 0. The molecular formula is C16H24ClNO2. The molecule has 1 aliphatic rings. The average Bonchev–Trinajstić information content (AvgIpc) is 2.37. The number of aliphatic hydroxyl groups is 1. The predicted molar refractivity (Wildman–Crippen MR) is 82.1 cm³/mol. The molecule has 1 aromatic rings. The van der Waals surface area contributed by atoms with E-state index in [1.54, 1.807) is 0 Å². The van der Waals surface area contributed by atoms with Crippen molar-refractivity contribution in [2.45, 2.75) is 50.9 Å². The van der Waals surface area contributed by atoms with Crippen molar-refractivity contribution in [1.29, 1.82) is 0 Å². The highest BCUT2D eigenvalue weighted by molar-refractivity contribution is 6.30. The molecule has 20 heavy (non-hydrogen) atoms. The minimum atomic E-state index is -0.470. The molecule has 1 unspecified atom stereocenters. The first-order chi connectivity index (χ1) is 9.52. The number of hydrogen-bond acceptors (Lipinski definition) is 3. The summed E-state index contributed by atoms with van der Waals surface area (Å²) < 4.78 is 5.43. The summed E-state index contributed by atoms with van der Waals surface area (Å²) in [5.41, 5.74) is 1.26. The molecule has 1 aliphatic carbocycles. The van der Waals surface area contributed by atoms with Crippen molar-refractivity contribution in [3.8, 4) is 0 Å². The van der Waals surface area contributed by atoms with Gasteiger partial charge in [0.15, 0.2) is 0 Å². The molecule has 1 atom stereocenters. The van der Waals surface area contributed by atoms with Crippen LogP contribution in [0.2, 0.25) is 5.02 Å². The Bertz CT molecular complexity index is 415. The third-order valence-corrected chi connectivity index (χ3v) is 4.15. The van der Waals surface area contributed by atoms with Gasteiger partial charge in [-0.2, -0.15) is 0 Å². The van der Waals surface area contributed by atoms with E-state index in [2.05, 4.69) is 17.4 Å². The Balaban J connectivity index is 1.90. The topological polar surface area (TPSA) is 41.5 Å². The molecule has 1 aromatic carbocycles. The lowest BCUT2D eigenvalue weighted by Crippen LogP contribution is -2.51. The van der Waals surface area contributed by atoms with Crippen LogP contribution in [0, 0.1) is 0 Å². The van der Waals surface area contributed by atoms with E-state index in [4.69, 9.17) is 16.3 Å². The van der Waals surface area contributed by atoms with Crippen LogP contribution in [-0.2, 0) is 10.3 Å².